The van der Waals surface area contributed by atoms with Gasteiger partial charge in [-0.25, -0.2) is 14.4 Å². The summed E-state index contributed by atoms with van der Waals surface area (Å²) in [5, 5.41) is 20.0. The van der Waals surface area contributed by atoms with Gasteiger partial charge in [-0.2, -0.15) is 5.10 Å². The molecule has 1 aliphatic rings. The minimum atomic E-state index is -1.19. The van der Waals surface area contributed by atoms with Crippen molar-refractivity contribution in [3.05, 3.63) is 92.6 Å². The molecule has 0 saturated carbocycles. The molecular weight excluding hydrogens is 728 g/mol. The van der Waals surface area contributed by atoms with Crippen LogP contribution in [0.1, 0.15) is 60.8 Å². The Morgan fingerprint density at radius 2 is 1.67 bits per heavy atom. The molecule has 272 valence electrons. The monoisotopic (exact) mass is 768 g/mol. The molecule has 0 radical (unpaired) electrons. The van der Waals surface area contributed by atoms with Gasteiger partial charge in [-0.15, -0.1) is 0 Å². The molecule has 14 nitrogen and oxygen atoms in total. The van der Waals surface area contributed by atoms with Gasteiger partial charge < -0.3 is 44.2 Å². The highest BCUT2D eigenvalue weighted by Crippen LogP contribution is 2.38. The number of esters is 2. The number of carbonyl (C=O) groups excluding carboxylic acids is 3. The van der Waals surface area contributed by atoms with E-state index < -0.39 is 24.3 Å². The number of hydrogen-bond donors (Lipinski definition) is 4. The topological polar surface area (TPSA) is 175 Å². The maximum Gasteiger partial charge on any atom is 0.338 e. The first-order valence-electron chi connectivity index (χ1n) is 16.2. The largest absolute Gasteiger partial charge is 0.490 e. The number of hydrogen-bond acceptors (Lipinski definition) is 12. The molecule has 0 aliphatic carbocycles. The van der Waals surface area contributed by atoms with Crippen molar-refractivity contribution in [1.82, 2.24) is 16.1 Å². The molecule has 2 atom stereocenters. The number of nitrogens with one attached hydrogen (secondary N) is 3. The first-order valence-corrected chi connectivity index (χ1v) is 17.0. The number of ether oxygens (including phenoxy) is 6. The van der Waals surface area contributed by atoms with Crippen LogP contribution in [0, 0.1) is 0 Å². The summed E-state index contributed by atoms with van der Waals surface area (Å²) in [5.41, 5.74) is 5.81. The molecule has 4 rings (SSSR count). The third kappa shape index (κ3) is 10.4. The molecule has 3 aromatic carbocycles. The van der Waals surface area contributed by atoms with Crippen LogP contribution in [0.5, 0.6) is 23.0 Å². The van der Waals surface area contributed by atoms with Gasteiger partial charge in [0, 0.05) is 5.70 Å². The number of hydrazone groups is 1. The Balaban J connectivity index is 1.38. The molecule has 15 heteroatoms. The van der Waals surface area contributed by atoms with Gasteiger partial charge >= 0.3 is 18.0 Å². The Hall–Kier alpha value is -5.28. The van der Waals surface area contributed by atoms with Gasteiger partial charge in [0.2, 0.25) is 0 Å². The number of methoxy groups -OCH3 is 1. The van der Waals surface area contributed by atoms with Gasteiger partial charge in [0.25, 0.3) is 0 Å². The van der Waals surface area contributed by atoms with Crippen LogP contribution in [-0.4, -0.2) is 69.1 Å². The lowest BCUT2D eigenvalue weighted by Crippen LogP contribution is -2.45. The fraction of sp³-hybridized carbons (Fsp3) is 0.333. The summed E-state index contributed by atoms with van der Waals surface area (Å²) in [4.78, 5) is 36.6. The maximum absolute atomic E-state index is 12.5. The molecule has 4 N–H and O–H groups in total. The number of halogens is 1. The summed E-state index contributed by atoms with van der Waals surface area (Å²) in [6.07, 6.45) is 0.319. The summed E-state index contributed by atoms with van der Waals surface area (Å²) in [5.74, 6) is 0.707. The molecule has 0 bridgehead atoms. The standard InChI is InChI=1S/C36H41BrN4O10/c1-6-47-28-17-25(32-31(35(44)46-5)21(4)39-36(45)40-32)13-14-27(28)50-20-30(42)41-38-18-23-15-26(37)33(29(16-23)48-7-2)51-19-22-9-11-24(12-10-22)34(43)49-8-3/h9-18,30,32,41-42H,6-8,19-20H2,1-5H3,(H2,39,40,45)/b38-18+/t30-,32-/m1/s1. The maximum atomic E-state index is 12.5. The summed E-state index contributed by atoms with van der Waals surface area (Å²) in [6.45, 7) is 8.10. The van der Waals surface area contributed by atoms with E-state index in [-0.39, 0.29) is 24.8 Å². The van der Waals surface area contributed by atoms with Gasteiger partial charge in [0.05, 0.1) is 54.8 Å². The summed E-state index contributed by atoms with van der Waals surface area (Å²) < 4.78 is 34.1. The van der Waals surface area contributed by atoms with Gasteiger partial charge in [-0.3, -0.25) is 5.43 Å². The average Bonchev–Trinajstić information content (AvgIpc) is 3.10. The van der Waals surface area contributed by atoms with Crippen molar-refractivity contribution >= 4 is 40.1 Å². The zero-order valence-electron chi connectivity index (χ0n) is 28.9. The van der Waals surface area contributed by atoms with Crippen molar-refractivity contribution in [2.45, 2.75) is 46.6 Å². The van der Waals surface area contributed by atoms with E-state index in [0.29, 0.717) is 69.7 Å². The number of aliphatic hydroxyl groups excluding tert-OH is 1. The van der Waals surface area contributed by atoms with Gasteiger partial charge in [-0.05, 0) is 96.7 Å². The Morgan fingerprint density at radius 3 is 2.35 bits per heavy atom. The third-order valence-electron chi connectivity index (χ3n) is 7.29. The zero-order chi connectivity index (χ0) is 36.9. The molecule has 0 saturated heterocycles. The molecule has 1 heterocycles. The van der Waals surface area contributed by atoms with E-state index in [9.17, 15) is 19.5 Å². The van der Waals surface area contributed by atoms with Crippen molar-refractivity contribution in [2.24, 2.45) is 5.10 Å². The van der Waals surface area contributed by atoms with Gasteiger partial charge in [-0.1, -0.05) is 18.2 Å². The van der Waals surface area contributed by atoms with E-state index in [1.165, 1.54) is 13.3 Å². The van der Waals surface area contributed by atoms with Crippen molar-refractivity contribution in [2.75, 3.05) is 33.5 Å². The summed E-state index contributed by atoms with van der Waals surface area (Å²) in [6, 6.07) is 14.3. The van der Waals surface area contributed by atoms with Crippen molar-refractivity contribution in [3.63, 3.8) is 0 Å². The lowest BCUT2D eigenvalue weighted by molar-refractivity contribution is -0.136. The first kappa shape index (κ1) is 38.5. The van der Waals surface area contributed by atoms with Crippen LogP contribution in [0.3, 0.4) is 0 Å². The predicted molar refractivity (Wildman–Crippen MR) is 191 cm³/mol. The second kappa shape index (κ2) is 18.6. The third-order valence-corrected chi connectivity index (χ3v) is 7.88. The normalized spacial score (nSPS) is 14.6. The van der Waals surface area contributed by atoms with Crippen LogP contribution in [0.25, 0.3) is 0 Å². The number of rotatable bonds is 17. The Morgan fingerprint density at radius 1 is 0.941 bits per heavy atom. The van der Waals surface area contributed by atoms with Crippen LogP contribution in [0.15, 0.2) is 75.4 Å². The van der Waals surface area contributed by atoms with Crippen LogP contribution in [-0.2, 0) is 20.9 Å². The Bertz CT molecular complexity index is 1760. The quantitative estimate of drug-likeness (QED) is 0.0621. The second-order valence-corrected chi connectivity index (χ2v) is 11.7. The van der Waals surface area contributed by atoms with Crippen molar-refractivity contribution in [1.29, 1.82) is 0 Å². The van der Waals surface area contributed by atoms with E-state index in [1.807, 2.05) is 6.92 Å². The highest BCUT2D eigenvalue weighted by Gasteiger charge is 2.32. The number of aliphatic hydroxyl groups is 1. The fourth-order valence-corrected chi connectivity index (χ4v) is 5.57. The Labute approximate surface area is 304 Å². The zero-order valence-corrected chi connectivity index (χ0v) is 30.5. The van der Waals surface area contributed by atoms with Crippen LogP contribution in [0.2, 0.25) is 0 Å². The van der Waals surface area contributed by atoms with Crippen LogP contribution < -0.4 is 35.0 Å². The number of urea groups is 1. The fourth-order valence-electron chi connectivity index (χ4n) is 4.99. The van der Waals surface area contributed by atoms with Crippen LogP contribution >= 0.6 is 15.9 Å². The van der Waals surface area contributed by atoms with E-state index >= 15 is 0 Å². The minimum absolute atomic E-state index is 0.186. The number of allylic oxidation sites excluding steroid dienone is 1. The number of benzene rings is 3. The number of carbonyl (C=O) groups is 3. The molecule has 3 aromatic rings. The summed E-state index contributed by atoms with van der Waals surface area (Å²) in [7, 11) is 1.27. The van der Waals surface area contributed by atoms with Gasteiger partial charge in [0.15, 0.2) is 29.2 Å². The molecule has 0 aromatic heterocycles. The van der Waals surface area contributed by atoms with E-state index in [4.69, 9.17) is 28.4 Å². The second-order valence-electron chi connectivity index (χ2n) is 10.9. The van der Waals surface area contributed by atoms with E-state index in [0.717, 1.165) is 5.56 Å². The Kier molecular flexibility index (Phi) is 14.1. The molecule has 0 fully saturated rings. The van der Waals surface area contributed by atoms with Gasteiger partial charge in [0.1, 0.15) is 13.2 Å². The lowest BCUT2D eigenvalue weighted by Gasteiger charge is -2.28. The average molecular weight is 770 g/mol. The van der Waals surface area contributed by atoms with E-state index in [1.54, 1.807) is 75.4 Å². The van der Waals surface area contributed by atoms with Crippen molar-refractivity contribution in [3.8, 4) is 23.0 Å². The lowest BCUT2D eigenvalue weighted by atomic mass is 9.95. The molecule has 51 heavy (non-hydrogen) atoms. The van der Waals surface area contributed by atoms with Crippen molar-refractivity contribution < 1.29 is 47.9 Å². The molecule has 2 amide bonds. The number of nitrogens with zero attached hydrogens (tertiary/aromatic N) is 1. The molecule has 0 unspecified atom stereocenters. The predicted octanol–water partition coefficient (Wildman–Crippen LogP) is 5.12. The highest BCUT2D eigenvalue weighted by atomic mass is 79.9. The highest BCUT2D eigenvalue weighted by molar-refractivity contribution is 9.10. The molecular formula is C36H41BrN4O10. The molecule has 1 aliphatic heterocycles. The first-order chi connectivity index (χ1) is 24.6. The molecule has 0 spiro atoms. The van der Waals surface area contributed by atoms with E-state index in [2.05, 4.69) is 37.1 Å². The minimum Gasteiger partial charge on any atom is -0.490 e. The SMILES string of the molecule is CCOC(=O)c1ccc(COc2c(Br)cc(/C=N/N[C@H](O)COc3ccc([C@H]4NC(=O)NC(C)=C4C(=O)OC)cc3OCC)cc2OCC)cc1. The summed E-state index contributed by atoms with van der Waals surface area (Å²) >= 11 is 3.55. The number of amides is 2. The smallest absolute Gasteiger partial charge is 0.338 e. The van der Waals surface area contributed by atoms with Crippen LogP contribution in [0.4, 0.5) is 4.79 Å².